The molecule has 1 heterocycles. The number of carbonyl (C=O) groups is 2. The molecule has 2 N–H and O–H groups in total. The zero-order valence-corrected chi connectivity index (χ0v) is 13.5. The Morgan fingerprint density at radius 2 is 2.00 bits per heavy atom. The van der Waals surface area contributed by atoms with Gasteiger partial charge in [-0.2, -0.15) is 0 Å². The fourth-order valence-electron chi connectivity index (χ4n) is 2.57. The molecule has 2 unspecified atom stereocenters. The molecule has 1 aliphatic rings. The van der Waals surface area contributed by atoms with Crippen molar-refractivity contribution in [3.05, 3.63) is 0 Å². The molecule has 1 rings (SSSR count). The highest BCUT2D eigenvalue weighted by molar-refractivity contribution is 5.87. The van der Waals surface area contributed by atoms with Gasteiger partial charge in [-0.3, -0.25) is 9.59 Å². The monoisotopic (exact) mass is 283 g/mol. The smallest absolute Gasteiger partial charge is 0.240 e. The van der Waals surface area contributed by atoms with Crippen LogP contribution in [0.25, 0.3) is 0 Å². The molecule has 0 spiro atoms. The molecule has 0 radical (unpaired) electrons. The summed E-state index contributed by atoms with van der Waals surface area (Å²) in [6, 6.07) is -0.138. The fraction of sp³-hybridized carbons (Fsp3) is 0.867. The highest BCUT2D eigenvalue weighted by Gasteiger charge is 2.29. The van der Waals surface area contributed by atoms with Crippen LogP contribution in [-0.4, -0.2) is 48.4 Å². The molecule has 2 amide bonds. The molecule has 0 saturated carbocycles. The van der Waals surface area contributed by atoms with Crippen molar-refractivity contribution in [1.29, 1.82) is 0 Å². The Hall–Kier alpha value is -1.10. The van der Waals surface area contributed by atoms with Crippen LogP contribution in [0.15, 0.2) is 0 Å². The van der Waals surface area contributed by atoms with E-state index >= 15 is 0 Å². The van der Waals surface area contributed by atoms with E-state index in [1.165, 1.54) is 4.90 Å². The van der Waals surface area contributed by atoms with Crippen LogP contribution in [0.5, 0.6) is 0 Å². The van der Waals surface area contributed by atoms with Gasteiger partial charge in [0.2, 0.25) is 11.8 Å². The van der Waals surface area contributed by atoms with Crippen molar-refractivity contribution < 1.29 is 9.59 Å². The standard InChI is InChI=1S/C15H29N3O2/c1-6-11-7-8-16-12(9-11)14(20)18(5)10-13(19)17-15(2,3)4/h11-12,16H,6-10H2,1-5H3,(H,17,19). The number of nitrogens with one attached hydrogen (secondary N) is 2. The Balaban J connectivity index is 2.48. The van der Waals surface area contributed by atoms with Crippen LogP contribution in [0.4, 0.5) is 0 Å². The maximum absolute atomic E-state index is 12.3. The third-order valence-electron chi connectivity index (χ3n) is 3.66. The topological polar surface area (TPSA) is 61.4 Å². The highest BCUT2D eigenvalue weighted by atomic mass is 16.2. The molecule has 0 aromatic heterocycles. The molecular weight excluding hydrogens is 254 g/mol. The van der Waals surface area contributed by atoms with Gasteiger partial charge in [0, 0.05) is 12.6 Å². The van der Waals surface area contributed by atoms with Crippen LogP contribution in [0, 0.1) is 5.92 Å². The van der Waals surface area contributed by atoms with Gasteiger partial charge in [-0.25, -0.2) is 0 Å². The van der Waals surface area contributed by atoms with E-state index in [1.54, 1.807) is 7.05 Å². The maximum Gasteiger partial charge on any atom is 0.240 e. The molecule has 0 aromatic rings. The summed E-state index contributed by atoms with van der Waals surface area (Å²) < 4.78 is 0. The SMILES string of the molecule is CCC1CCNC(C(=O)N(C)CC(=O)NC(C)(C)C)C1. The average Bonchev–Trinajstić information content (AvgIpc) is 2.35. The second-order valence-corrected chi connectivity index (χ2v) is 6.80. The Morgan fingerprint density at radius 1 is 1.35 bits per heavy atom. The molecule has 1 saturated heterocycles. The summed E-state index contributed by atoms with van der Waals surface area (Å²) >= 11 is 0. The minimum atomic E-state index is -0.267. The zero-order chi connectivity index (χ0) is 15.3. The lowest BCUT2D eigenvalue weighted by atomic mass is 9.90. The van der Waals surface area contributed by atoms with E-state index in [-0.39, 0.29) is 29.9 Å². The number of nitrogens with zero attached hydrogens (tertiary/aromatic N) is 1. The van der Waals surface area contributed by atoms with Crippen LogP contribution in [0.3, 0.4) is 0 Å². The second kappa shape index (κ2) is 7.07. The van der Waals surface area contributed by atoms with E-state index in [0.717, 1.165) is 25.8 Å². The first-order valence-electron chi connectivity index (χ1n) is 7.52. The predicted octanol–water partition coefficient (Wildman–Crippen LogP) is 1.14. The molecule has 0 bridgehead atoms. The van der Waals surface area contributed by atoms with Crippen LogP contribution >= 0.6 is 0 Å². The predicted molar refractivity (Wildman–Crippen MR) is 80.3 cm³/mol. The van der Waals surface area contributed by atoms with Gasteiger partial charge in [0.15, 0.2) is 0 Å². The molecule has 0 aliphatic carbocycles. The first-order chi connectivity index (χ1) is 9.23. The van der Waals surface area contributed by atoms with Crippen molar-refractivity contribution in [3.63, 3.8) is 0 Å². The largest absolute Gasteiger partial charge is 0.350 e. The molecule has 1 fully saturated rings. The molecule has 1 aliphatic heterocycles. The van der Waals surface area contributed by atoms with E-state index in [2.05, 4.69) is 17.6 Å². The van der Waals surface area contributed by atoms with Crippen LogP contribution < -0.4 is 10.6 Å². The minimum absolute atomic E-state index is 0.0206. The quantitative estimate of drug-likeness (QED) is 0.813. The summed E-state index contributed by atoms with van der Waals surface area (Å²) in [6.07, 6.45) is 3.12. The summed E-state index contributed by atoms with van der Waals surface area (Å²) in [6.45, 7) is 8.96. The number of rotatable bonds is 4. The van der Waals surface area contributed by atoms with Crippen molar-refractivity contribution in [3.8, 4) is 0 Å². The summed E-state index contributed by atoms with van der Waals surface area (Å²) in [4.78, 5) is 25.7. The molecule has 0 aromatic carbocycles. The summed E-state index contributed by atoms with van der Waals surface area (Å²) in [7, 11) is 1.70. The summed E-state index contributed by atoms with van der Waals surface area (Å²) in [5.41, 5.74) is -0.267. The summed E-state index contributed by atoms with van der Waals surface area (Å²) in [5, 5.41) is 6.14. The van der Waals surface area contributed by atoms with Gasteiger partial charge < -0.3 is 15.5 Å². The van der Waals surface area contributed by atoms with Gasteiger partial charge in [-0.15, -0.1) is 0 Å². The van der Waals surface area contributed by atoms with E-state index in [0.29, 0.717) is 5.92 Å². The van der Waals surface area contributed by atoms with Crippen molar-refractivity contribution in [1.82, 2.24) is 15.5 Å². The number of likely N-dealkylation sites (N-methyl/N-ethyl adjacent to an activating group) is 1. The Morgan fingerprint density at radius 3 is 2.55 bits per heavy atom. The Bertz CT molecular complexity index is 350. The third-order valence-corrected chi connectivity index (χ3v) is 3.66. The lowest BCUT2D eigenvalue weighted by Gasteiger charge is -2.32. The highest BCUT2D eigenvalue weighted by Crippen LogP contribution is 2.20. The van der Waals surface area contributed by atoms with Gasteiger partial charge in [0.05, 0.1) is 12.6 Å². The third kappa shape index (κ3) is 5.49. The van der Waals surface area contributed by atoms with Crippen LogP contribution in [0.2, 0.25) is 0 Å². The van der Waals surface area contributed by atoms with Crippen molar-refractivity contribution in [2.45, 2.75) is 58.5 Å². The van der Waals surface area contributed by atoms with Crippen molar-refractivity contribution >= 4 is 11.8 Å². The number of amides is 2. The fourth-order valence-corrected chi connectivity index (χ4v) is 2.57. The minimum Gasteiger partial charge on any atom is -0.350 e. The lowest BCUT2D eigenvalue weighted by Crippen LogP contribution is -2.52. The Labute approximate surface area is 122 Å². The van der Waals surface area contributed by atoms with E-state index in [1.807, 2.05) is 20.8 Å². The van der Waals surface area contributed by atoms with Crippen molar-refractivity contribution in [2.75, 3.05) is 20.1 Å². The average molecular weight is 283 g/mol. The number of piperidine rings is 1. The number of carbonyl (C=O) groups excluding carboxylic acids is 2. The van der Waals surface area contributed by atoms with Gasteiger partial charge >= 0.3 is 0 Å². The van der Waals surface area contributed by atoms with E-state index in [4.69, 9.17) is 0 Å². The lowest BCUT2D eigenvalue weighted by molar-refractivity contribution is -0.137. The van der Waals surface area contributed by atoms with Crippen LogP contribution in [-0.2, 0) is 9.59 Å². The molecule has 2 atom stereocenters. The van der Waals surface area contributed by atoms with Crippen molar-refractivity contribution in [2.24, 2.45) is 5.92 Å². The van der Waals surface area contributed by atoms with Gasteiger partial charge in [0.25, 0.3) is 0 Å². The first kappa shape index (κ1) is 17.0. The molecule has 5 heteroatoms. The van der Waals surface area contributed by atoms with Gasteiger partial charge in [-0.1, -0.05) is 13.3 Å². The normalized spacial score (nSPS) is 23.2. The maximum atomic E-state index is 12.3. The second-order valence-electron chi connectivity index (χ2n) is 6.80. The first-order valence-corrected chi connectivity index (χ1v) is 7.52. The van der Waals surface area contributed by atoms with E-state index in [9.17, 15) is 9.59 Å². The van der Waals surface area contributed by atoms with Gasteiger partial charge in [-0.05, 0) is 46.1 Å². The van der Waals surface area contributed by atoms with E-state index < -0.39 is 0 Å². The van der Waals surface area contributed by atoms with Gasteiger partial charge in [0.1, 0.15) is 0 Å². The molecule has 116 valence electrons. The number of hydrogen-bond acceptors (Lipinski definition) is 3. The zero-order valence-electron chi connectivity index (χ0n) is 13.5. The molecular formula is C15H29N3O2. The molecule has 20 heavy (non-hydrogen) atoms. The summed E-state index contributed by atoms with van der Waals surface area (Å²) in [5.74, 6) is 0.519. The Kier molecular flexibility index (Phi) is 5.99. The number of hydrogen-bond donors (Lipinski definition) is 2. The molecule has 5 nitrogen and oxygen atoms in total. The van der Waals surface area contributed by atoms with Crippen LogP contribution in [0.1, 0.15) is 47.0 Å².